The molecule has 0 unspecified atom stereocenters. The van der Waals surface area contributed by atoms with Crippen LogP contribution in [0.5, 0.6) is 0 Å². The Kier molecular flexibility index (Phi) is 18.3. The number of amides is 5. The fourth-order valence-electron chi connectivity index (χ4n) is 5.28. The molecule has 0 spiro atoms. The van der Waals surface area contributed by atoms with E-state index in [0.29, 0.717) is 37.3 Å². The molecular formula is C38H55N5O7. The number of benzene rings is 2. The number of carboxylic acid groups (broad SMARTS) is 1. The number of carbonyl (C=O) groups is 6. The second kappa shape index (κ2) is 22.1. The summed E-state index contributed by atoms with van der Waals surface area (Å²) in [5.74, 6) is -3.34. The molecule has 12 heteroatoms. The highest BCUT2D eigenvalue weighted by Gasteiger charge is 2.31. The second-order valence-electron chi connectivity index (χ2n) is 13.4. The number of rotatable bonds is 22. The van der Waals surface area contributed by atoms with Crippen molar-refractivity contribution in [2.24, 2.45) is 11.8 Å². The molecule has 12 nitrogen and oxygen atoms in total. The molecule has 0 saturated heterocycles. The van der Waals surface area contributed by atoms with Gasteiger partial charge in [0.05, 0.1) is 0 Å². The summed E-state index contributed by atoms with van der Waals surface area (Å²) in [6, 6.07) is 13.5. The number of nitrogens with one attached hydrogen (secondary N) is 5. The molecule has 6 N–H and O–H groups in total. The summed E-state index contributed by atoms with van der Waals surface area (Å²) in [7, 11) is 0. The summed E-state index contributed by atoms with van der Waals surface area (Å²) in [6.45, 7) is 10.3. The van der Waals surface area contributed by atoms with Crippen molar-refractivity contribution in [1.82, 2.24) is 26.6 Å². The van der Waals surface area contributed by atoms with Crippen LogP contribution in [-0.4, -0.2) is 71.3 Å². The van der Waals surface area contributed by atoms with E-state index in [1.165, 1.54) is 0 Å². The molecule has 2 aromatic carbocycles. The molecule has 4 atom stereocenters. The minimum Gasteiger partial charge on any atom is -0.481 e. The Labute approximate surface area is 295 Å². The fourth-order valence-corrected chi connectivity index (χ4v) is 5.28. The summed E-state index contributed by atoms with van der Waals surface area (Å²) in [4.78, 5) is 78.4. The zero-order chi connectivity index (χ0) is 37.1. The lowest BCUT2D eigenvalue weighted by atomic mass is 10.0. The molecule has 0 bridgehead atoms. The third-order valence-electron chi connectivity index (χ3n) is 8.07. The Morgan fingerprint density at radius 2 is 1.12 bits per heavy atom. The lowest BCUT2D eigenvalue weighted by Crippen LogP contribution is -2.58. The number of hydrogen-bond acceptors (Lipinski definition) is 6. The normalized spacial score (nSPS) is 13.4. The molecule has 274 valence electrons. The van der Waals surface area contributed by atoms with E-state index in [1.807, 2.05) is 51.1 Å². The molecule has 0 aliphatic carbocycles. The number of hydrogen-bond donors (Lipinski definition) is 6. The van der Waals surface area contributed by atoms with Crippen molar-refractivity contribution in [3.8, 4) is 0 Å². The third kappa shape index (κ3) is 15.7. The maximum Gasteiger partial charge on any atom is 0.303 e. The van der Waals surface area contributed by atoms with Crippen LogP contribution in [0.15, 0.2) is 60.7 Å². The Balaban J connectivity index is 2.27. The van der Waals surface area contributed by atoms with Crippen molar-refractivity contribution in [2.75, 3.05) is 6.54 Å². The summed E-state index contributed by atoms with van der Waals surface area (Å²) in [5.41, 5.74) is 1.25. The molecule has 0 heterocycles. The van der Waals surface area contributed by atoms with Crippen molar-refractivity contribution >= 4 is 35.5 Å². The van der Waals surface area contributed by atoms with Gasteiger partial charge >= 0.3 is 5.97 Å². The summed E-state index contributed by atoms with van der Waals surface area (Å²) in [5, 5.41) is 23.1. The first-order chi connectivity index (χ1) is 23.8. The van der Waals surface area contributed by atoms with Crippen molar-refractivity contribution in [3.63, 3.8) is 0 Å². The van der Waals surface area contributed by atoms with Gasteiger partial charge in [-0.05, 0) is 68.1 Å². The minimum atomic E-state index is -1.23. The highest BCUT2D eigenvalue weighted by Crippen LogP contribution is 2.11. The second-order valence-corrected chi connectivity index (χ2v) is 13.4. The number of carboxylic acids is 1. The van der Waals surface area contributed by atoms with E-state index in [4.69, 9.17) is 0 Å². The van der Waals surface area contributed by atoms with Crippen molar-refractivity contribution in [1.29, 1.82) is 0 Å². The minimum absolute atomic E-state index is 0.106. The van der Waals surface area contributed by atoms with Crippen LogP contribution in [0.4, 0.5) is 0 Å². The molecule has 2 aromatic rings. The first-order valence-electron chi connectivity index (χ1n) is 17.6. The standard InChI is InChI=1S/C38H55N5O7/c1-6-13-29(41-37(49)31(20-21-33(44)45)40-34(46)28-16-11-8-12-17-28)36(48)42-30(19-18-27-14-9-7-10-15-27)38(50)43-32(24-26(4)5)35(47)39-23-22-25(2)3/h7-12,14-17,25-26,29-32H,6,13,18-24H2,1-5H3,(H,39,47)(H,40,46)(H,41,49)(H,42,48)(H,43,50)(H,44,45)/t29-,30-,31-,32-/m0/s1. The quantitative estimate of drug-likeness (QED) is 0.109. The molecule has 0 radical (unpaired) electrons. The van der Waals surface area contributed by atoms with Crippen LogP contribution in [-0.2, 0) is 30.4 Å². The highest BCUT2D eigenvalue weighted by molar-refractivity contribution is 5.99. The molecule has 0 aromatic heterocycles. The van der Waals surface area contributed by atoms with Gasteiger partial charge in [-0.25, -0.2) is 0 Å². The highest BCUT2D eigenvalue weighted by atomic mass is 16.4. The average Bonchev–Trinajstić information content (AvgIpc) is 3.07. The van der Waals surface area contributed by atoms with Crippen LogP contribution in [0.25, 0.3) is 0 Å². The van der Waals surface area contributed by atoms with E-state index in [9.17, 15) is 33.9 Å². The van der Waals surface area contributed by atoms with Gasteiger partial charge in [0.2, 0.25) is 23.6 Å². The van der Waals surface area contributed by atoms with Gasteiger partial charge in [-0.3, -0.25) is 28.8 Å². The van der Waals surface area contributed by atoms with Gasteiger partial charge in [0.25, 0.3) is 5.91 Å². The predicted molar refractivity (Wildman–Crippen MR) is 192 cm³/mol. The third-order valence-corrected chi connectivity index (χ3v) is 8.07. The summed E-state index contributed by atoms with van der Waals surface area (Å²) < 4.78 is 0. The van der Waals surface area contributed by atoms with Crippen LogP contribution in [0.1, 0.15) is 95.5 Å². The van der Waals surface area contributed by atoms with E-state index in [1.54, 1.807) is 30.3 Å². The predicted octanol–water partition coefficient (Wildman–Crippen LogP) is 3.75. The summed E-state index contributed by atoms with van der Waals surface area (Å²) in [6.07, 6.45) is 2.02. The maximum atomic E-state index is 13.8. The zero-order valence-corrected chi connectivity index (χ0v) is 30.0. The molecule has 5 amide bonds. The molecular weight excluding hydrogens is 638 g/mol. The van der Waals surface area contributed by atoms with Crippen molar-refractivity contribution < 1.29 is 33.9 Å². The lowest BCUT2D eigenvalue weighted by molar-refractivity contribution is -0.137. The van der Waals surface area contributed by atoms with Gasteiger partial charge in [0, 0.05) is 18.5 Å². The molecule has 50 heavy (non-hydrogen) atoms. The Bertz CT molecular complexity index is 1380. The Morgan fingerprint density at radius 1 is 0.600 bits per heavy atom. The molecule has 2 rings (SSSR count). The van der Waals surface area contributed by atoms with Gasteiger partial charge < -0.3 is 31.7 Å². The van der Waals surface area contributed by atoms with E-state index in [-0.39, 0.29) is 37.5 Å². The lowest BCUT2D eigenvalue weighted by Gasteiger charge is -2.27. The molecule has 0 aliphatic heterocycles. The van der Waals surface area contributed by atoms with Crippen LogP contribution in [0, 0.1) is 11.8 Å². The van der Waals surface area contributed by atoms with E-state index < -0.39 is 53.8 Å². The van der Waals surface area contributed by atoms with Crippen molar-refractivity contribution in [2.45, 2.75) is 110 Å². The van der Waals surface area contributed by atoms with Crippen LogP contribution in [0.3, 0.4) is 0 Å². The zero-order valence-electron chi connectivity index (χ0n) is 30.0. The number of aliphatic carboxylic acids is 1. The Morgan fingerprint density at radius 3 is 1.64 bits per heavy atom. The number of aryl methyl sites for hydroxylation is 1. The van der Waals surface area contributed by atoms with Gasteiger partial charge in [-0.15, -0.1) is 0 Å². The Hall–Kier alpha value is -4.74. The molecule has 0 aliphatic rings. The van der Waals surface area contributed by atoms with Gasteiger partial charge in [-0.2, -0.15) is 0 Å². The smallest absolute Gasteiger partial charge is 0.303 e. The average molecular weight is 694 g/mol. The monoisotopic (exact) mass is 693 g/mol. The van der Waals surface area contributed by atoms with Crippen LogP contribution in [0.2, 0.25) is 0 Å². The number of carbonyl (C=O) groups excluding carboxylic acids is 5. The SMILES string of the molecule is CCC[C@H](NC(=O)[C@H](CCC(=O)O)NC(=O)c1ccccc1)C(=O)N[C@@H](CCc1ccccc1)C(=O)N[C@@H](CC(C)C)C(=O)NCCC(C)C. The van der Waals surface area contributed by atoms with E-state index in [0.717, 1.165) is 12.0 Å². The van der Waals surface area contributed by atoms with Gasteiger partial charge in [0.1, 0.15) is 24.2 Å². The molecule has 0 fully saturated rings. The largest absolute Gasteiger partial charge is 0.481 e. The maximum absolute atomic E-state index is 13.8. The summed E-state index contributed by atoms with van der Waals surface area (Å²) >= 11 is 0. The van der Waals surface area contributed by atoms with Crippen molar-refractivity contribution in [3.05, 3.63) is 71.8 Å². The van der Waals surface area contributed by atoms with Crippen LogP contribution < -0.4 is 26.6 Å². The van der Waals surface area contributed by atoms with E-state index in [2.05, 4.69) is 40.4 Å². The van der Waals surface area contributed by atoms with Crippen LogP contribution >= 0.6 is 0 Å². The fraction of sp³-hybridized carbons (Fsp3) is 0.526. The topological polar surface area (TPSA) is 183 Å². The molecule has 0 saturated carbocycles. The first-order valence-corrected chi connectivity index (χ1v) is 17.6. The van der Waals surface area contributed by atoms with Gasteiger partial charge in [0.15, 0.2) is 0 Å². The first kappa shape index (κ1) is 41.4. The van der Waals surface area contributed by atoms with E-state index >= 15 is 0 Å². The van der Waals surface area contributed by atoms with Gasteiger partial charge in [-0.1, -0.05) is 89.6 Å².